The van der Waals surface area contributed by atoms with Crippen LogP contribution in [0.4, 0.5) is 5.69 Å². The molecule has 0 saturated heterocycles. The van der Waals surface area contributed by atoms with Crippen LogP contribution in [0.1, 0.15) is 24.2 Å². The molecule has 0 fully saturated rings. The van der Waals surface area contributed by atoms with E-state index in [1.165, 1.54) is 5.56 Å². The minimum absolute atomic E-state index is 0.162. The zero-order valence-electron chi connectivity index (χ0n) is 9.51. The summed E-state index contributed by atoms with van der Waals surface area (Å²) in [5, 5.41) is 3.40. The molecule has 0 aliphatic rings. The first-order valence-corrected chi connectivity index (χ1v) is 5.35. The average Bonchev–Trinajstić information content (AvgIpc) is 2.30. The van der Waals surface area contributed by atoms with E-state index in [4.69, 9.17) is 0 Å². The number of hydrogen-bond donors (Lipinski definition) is 1. The van der Waals surface area contributed by atoms with Crippen molar-refractivity contribution in [3.8, 4) is 0 Å². The van der Waals surface area contributed by atoms with Gasteiger partial charge in [0.2, 0.25) is 0 Å². The Morgan fingerprint density at radius 1 is 1.25 bits per heavy atom. The van der Waals surface area contributed by atoms with Gasteiger partial charge in [-0.2, -0.15) is 0 Å². The smallest absolute Gasteiger partial charge is 0.0806 e. The number of anilines is 1. The molecule has 0 radical (unpaired) electrons. The average molecular weight is 213 g/mol. The van der Waals surface area contributed by atoms with Crippen LogP contribution < -0.4 is 5.32 Å². The van der Waals surface area contributed by atoms with Gasteiger partial charge in [0.25, 0.3) is 0 Å². The van der Waals surface area contributed by atoms with E-state index in [2.05, 4.69) is 47.3 Å². The molecule has 0 aliphatic heterocycles. The van der Waals surface area contributed by atoms with Crippen molar-refractivity contribution in [1.82, 2.24) is 9.97 Å². The summed E-state index contributed by atoms with van der Waals surface area (Å²) in [7, 11) is 0. The molecule has 1 aromatic heterocycles. The standard InChI is InChI=1S/C13H15N3/c1-10-4-3-5-12(8-10)16-11(2)13-9-14-6-7-15-13/h3-9,11,16H,1-2H3. The Bertz CT molecular complexity index is 454. The highest BCUT2D eigenvalue weighted by Crippen LogP contribution is 2.17. The second-order valence-electron chi connectivity index (χ2n) is 3.87. The summed E-state index contributed by atoms with van der Waals surface area (Å²) in [6.45, 7) is 4.16. The fourth-order valence-electron chi connectivity index (χ4n) is 1.59. The summed E-state index contributed by atoms with van der Waals surface area (Å²) in [5.74, 6) is 0. The van der Waals surface area contributed by atoms with Gasteiger partial charge >= 0.3 is 0 Å². The lowest BCUT2D eigenvalue weighted by Gasteiger charge is -2.14. The van der Waals surface area contributed by atoms with Crippen LogP contribution in [0.3, 0.4) is 0 Å². The van der Waals surface area contributed by atoms with Crippen LogP contribution in [0.2, 0.25) is 0 Å². The minimum Gasteiger partial charge on any atom is -0.377 e. The highest BCUT2D eigenvalue weighted by molar-refractivity contribution is 5.46. The quantitative estimate of drug-likeness (QED) is 0.851. The molecule has 82 valence electrons. The minimum atomic E-state index is 0.162. The summed E-state index contributed by atoms with van der Waals surface area (Å²) in [5.41, 5.74) is 3.30. The fourth-order valence-corrected chi connectivity index (χ4v) is 1.59. The largest absolute Gasteiger partial charge is 0.377 e. The van der Waals surface area contributed by atoms with Gasteiger partial charge in [-0.25, -0.2) is 0 Å². The molecule has 1 unspecified atom stereocenters. The van der Waals surface area contributed by atoms with Crippen LogP contribution in [0.25, 0.3) is 0 Å². The lowest BCUT2D eigenvalue weighted by atomic mass is 10.2. The summed E-state index contributed by atoms with van der Waals surface area (Å²) >= 11 is 0. The van der Waals surface area contributed by atoms with E-state index in [9.17, 15) is 0 Å². The van der Waals surface area contributed by atoms with E-state index in [0.29, 0.717) is 0 Å². The highest BCUT2D eigenvalue weighted by atomic mass is 14.9. The summed E-state index contributed by atoms with van der Waals surface area (Å²) < 4.78 is 0. The molecule has 1 aromatic carbocycles. The van der Waals surface area contributed by atoms with E-state index in [1.807, 2.05) is 6.07 Å². The molecule has 1 heterocycles. The summed E-state index contributed by atoms with van der Waals surface area (Å²) in [6.07, 6.45) is 5.18. The van der Waals surface area contributed by atoms with Crippen molar-refractivity contribution < 1.29 is 0 Å². The molecule has 0 bridgehead atoms. The maximum atomic E-state index is 4.27. The number of benzene rings is 1. The van der Waals surface area contributed by atoms with Crippen LogP contribution in [-0.4, -0.2) is 9.97 Å². The lowest BCUT2D eigenvalue weighted by molar-refractivity contribution is 0.827. The molecular weight excluding hydrogens is 198 g/mol. The van der Waals surface area contributed by atoms with Crippen molar-refractivity contribution in [3.63, 3.8) is 0 Å². The van der Waals surface area contributed by atoms with E-state index in [-0.39, 0.29) is 6.04 Å². The van der Waals surface area contributed by atoms with Gasteiger partial charge in [0, 0.05) is 18.1 Å². The number of hydrogen-bond acceptors (Lipinski definition) is 3. The van der Waals surface area contributed by atoms with Gasteiger partial charge in [0.15, 0.2) is 0 Å². The first kappa shape index (κ1) is 10.6. The van der Waals surface area contributed by atoms with Crippen molar-refractivity contribution in [2.75, 3.05) is 5.32 Å². The Balaban J connectivity index is 2.11. The Morgan fingerprint density at radius 3 is 2.81 bits per heavy atom. The Hall–Kier alpha value is -1.90. The van der Waals surface area contributed by atoms with Crippen molar-refractivity contribution in [2.45, 2.75) is 19.9 Å². The van der Waals surface area contributed by atoms with Crippen molar-refractivity contribution >= 4 is 5.69 Å². The predicted octanol–water partition coefficient (Wildman–Crippen LogP) is 2.96. The first-order chi connectivity index (χ1) is 7.75. The lowest BCUT2D eigenvalue weighted by Crippen LogP contribution is -2.08. The third-order valence-electron chi connectivity index (χ3n) is 2.43. The van der Waals surface area contributed by atoms with Crippen molar-refractivity contribution in [2.24, 2.45) is 0 Å². The van der Waals surface area contributed by atoms with E-state index >= 15 is 0 Å². The maximum Gasteiger partial charge on any atom is 0.0806 e. The number of aryl methyl sites for hydroxylation is 1. The van der Waals surface area contributed by atoms with E-state index < -0.39 is 0 Å². The van der Waals surface area contributed by atoms with Gasteiger partial charge in [-0.05, 0) is 31.5 Å². The van der Waals surface area contributed by atoms with Crippen molar-refractivity contribution in [1.29, 1.82) is 0 Å². The number of nitrogens with zero attached hydrogens (tertiary/aromatic N) is 2. The molecule has 2 aromatic rings. The first-order valence-electron chi connectivity index (χ1n) is 5.35. The molecule has 0 aliphatic carbocycles. The van der Waals surface area contributed by atoms with Gasteiger partial charge in [-0.1, -0.05) is 12.1 Å². The maximum absolute atomic E-state index is 4.27. The van der Waals surface area contributed by atoms with Crippen LogP contribution >= 0.6 is 0 Å². The summed E-state index contributed by atoms with van der Waals surface area (Å²) in [6, 6.07) is 8.46. The Kier molecular flexibility index (Phi) is 3.15. The topological polar surface area (TPSA) is 37.8 Å². The fraction of sp³-hybridized carbons (Fsp3) is 0.231. The highest BCUT2D eigenvalue weighted by Gasteiger charge is 2.05. The normalized spacial score (nSPS) is 12.1. The molecule has 16 heavy (non-hydrogen) atoms. The van der Waals surface area contributed by atoms with Crippen LogP contribution in [0, 0.1) is 6.92 Å². The van der Waals surface area contributed by atoms with Gasteiger partial charge in [0.1, 0.15) is 0 Å². The molecule has 1 N–H and O–H groups in total. The summed E-state index contributed by atoms with van der Waals surface area (Å²) in [4.78, 5) is 8.33. The molecular formula is C13H15N3. The molecule has 3 nitrogen and oxygen atoms in total. The van der Waals surface area contributed by atoms with Crippen LogP contribution in [0.15, 0.2) is 42.9 Å². The van der Waals surface area contributed by atoms with E-state index in [0.717, 1.165) is 11.4 Å². The second kappa shape index (κ2) is 4.75. The number of nitrogens with one attached hydrogen (secondary N) is 1. The Morgan fingerprint density at radius 2 is 2.12 bits per heavy atom. The van der Waals surface area contributed by atoms with Gasteiger partial charge in [-0.3, -0.25) is 9.97 Å². The van der Waals surface area contributed by atoms with Crippen molar-refractivity contribution in [3.05, 3.63) is 54.1 Å². The molecule has 3 heteroatoms. The number of aromatic nitrogens is 2. The third-order valence-corrected chi connectivity index (χ3v) is 2.43. The number of rotatable bonds is 3. The van der Waals surface area contributed by atoms with Crippen LogP contribution in [-0.2, 0) is 0 Å². The van der Waals surface area contributed by atoms with E-state index in [1.54, 1.807) is 18.6 Å². The zero-order chi connectivity index (χ0) is 11.4. The molecule has 0 amide bonds. The van der Waals surface area contributed by atoms with Gasteiger partial charge < -0.3 is 5.32 Å². The van der Waals surface area contributed by atoms with Crippen LogP contribution in [0.5, 0.6) is 0 Å². The molecule has 2 rings (SSSR count). The van der Waals surface area contributed by atoms with Gasteiger partial charge in [0.05, 0.1) is 17.9 Å². The Labute approximate surface area is 95.6 Å². The predicted molar refractivity (Wildman–Crippen MR) is 65.2 cm³/mol. The molecule has 0 spiro atoms. The third kappa shape index (κ3) is 2.57. The molecule has 1 atom stereocenters. The second-order valence-corrected chi connectivity index (χ2v) is 3.87. The monoisotopic (exact) mass is 213 g/mol. The zero-order valence-corrected chi connectivity index (χ0v) is 9.51. The van der Waals surface area contributed by atoms with Gasteiger partial charge in [-0.15, -0.1) is 0 Å². The SMILES string of the molecule is Cc1cccc(NC(C)c2cnccn2)c1. The molecule has 0 saturated carbocycles.